The summed E-state index contributed by atoms with van der Waals surface area (Å²) in [7, 11) is 0. The Hall–Kier alpha value is -1.66. The number of rotatable bonds is 8. The molecule has 0 aromatic rings. The fraction of sp³-hybridized carbons (Fsp3) is 0.538. The van der Waals surface area contributed by atoms with E-state index in [1.54, 1.807) is 0 Å². The van der Waals surface area contributed by atoms with Gasteiger partial charge in [-0.3, -0.25) is 0 Å². The highest BCUT2D eigenvalue weighted by molar-refractivity contribution is 5.86. The van der Waals surface area contributed by atoms with E-state index in [4.69, 9.17) is 20.4 Å². The van der Waals surface area contributed by atoms with Crippen LogP contribution < -0.4 is 0 Å². The summed E-state index contributed by atoms with van der Waals surface area (Å²) >= 11 is 0. The Morgan fingerprint density at radius 2 is 1.63 bits per heavy atom. The molecule has 0 saturated carbocycles. The van der Waals surface area contributed by atoms with Crippen LogP contribution >= 0.6 is 0 Å². The molecule has 0 bridgehead atoms. The van der Waals surface area contributed by atoms with Gasteiger partial charge in [-0.05, 0) is 32.6 Å². The Morgan fingerprint density at radius 3 is 2.00 bits per heavy atom. The predicted molar refractivity (Wildman–Crippen MR) is 70.8 cm³/mol. The first-order valence-electron chi connectivity index (χ1n) is 5.89. The maximum Gasteiger partial charge on any atom is 0.330 e. The zero-order valence-electron chi connectivity index (χ0n) is 11.1. The lowest BCUT2D eigenvalue weighted by molar-refractivity contribution is -0.133. The third-order valence-electron chi connectivity index (χ3n) is 2.11. The summed E-state index contributed by atoms with van der Waals surface area (Å²) in [5, 5.41) is 33.2. The van der Waals surface area contributed by atoms with E-state index in [9.17, 15) is 9.59 Å². The molecule has 4 N–H and O–H groups in total. The van der Waals surface area contributed by atoms with Gasteiger partial charge in [-0.25, -0.2) is 9.59 Å². The molecular formula is C13H22O6. The zero-order chi connectivity index (χ0) is 15.3. The average molecular weight is 274 g/mol. The van der Waals surface area contributed by atoms with Crippen LogP contribution in [0.5, 0.6) is 0 Å². The van der Waals surface area contributed by atoms with Gasteiger partial charge in [-0.15, -0.1) is 0 Å². The molecule has 0 rings (SSSR count). The van der Waals surface area contributed by atoms with Crippen LogP contribution in [0, 0.1) is 0 Å². The fourth-order valence-corrected chi connectivity index (χ4v) is 0.925. The molecule has 0 aliphatic rings. The topological polar surface area (TPSA) is 115 Å². The van der Waals surface area contributed by atoms with Crippen LogP contribution in [0.3, 0.4) is 0 Å². The number of aliphatic carboxylic acids is 2. The summed E-state index contributed by atoms with van der Waals surface area (Å²) in [5.74, 6) is -1.87. The van der Waals surface area contributed by atoms with Crippen LogP contribution in [0.25, 0.3) is 0 Å². The minimum Gasteiger partial charge on any atom is -0.478 e. The van der Waals surface area contributed by atoms with Gasteiger partial charge in [0.05, 0.1) is 0 Å². The molecule has 19 heavy (non-hydrogen) atoms. The summed E-state index contributed by atoms with van der Waals surface area (Å²) in [4.78, 5) is 20.2. The lowest BCUT2D eigenvalue weighted by Gasteiger charge is -1.96. The first kappa shape index (κ1) is 19.7. The second kappa shape index (κ2) is 12.8. The van der Waals surface area contributed by atoms with E-state index >= 15 is 0 Å². The number of aliphatic hydroxyl groups is 2. The SMILES string of the molecule is C/C(=C\CCO)C(=O)O.C=C(CCCCO)C(=O)O. The molecule has 6 nitrogen and oxygen atoms in total. The van der Waals surface area contributed by atoms with E-state index in [-0.39, 0.29) is 24.4 Å². The van der Waals surface area contributed by atoms with Gasteiger partial charge in [0.15, 0.2) is 0 Å². The van der Waals surface area contributed by atoms with Crippen molar-refractivity contribution in [3.05, 3.63) is 23.8 Å². The maximum atomic E-state index is 10.1. The standard InChI is InChI=1S/C7H12O3.C6H10O3/c1-6(7(9)10)4-2-3-5-8;1-5(6(8)9)3-2-4-7/h8H,1-5H2,(H,9,10);3,7H,2,4H2,1H3,(H,8,9)/b;5-3+. The molecule has 0 unspecified atom stereocenters. The first-order chi connectivity index (χ1) is 8.86. The van der Waals surface area contributed by atoms with Gasteiger partial charge in [-0.2, -0.15) is 0 Å². The highest BCUT2D eigenvalue weighted by Crippen LogP contribution is 2.03. The molecule has 0 aliphatic carbocycles. The Labute approximate surface area is 112 Å². The third kappa shape index (κ3) is 14.3. The Morgan fingerprint density at radius 1 is 1.05 bits per heavy atom. The van der Waals surface area contributed by atoms with Gasteiger partial charge in [0.1, 0.15) is 0 Å². The summed E-state index contributed by atoms with van der Waals surface area (Å²) in [6.07, 6.45) is 3.71. The van der Waals surface area contributed by atoms with Gasteiger partial charge in [-0.1, -0.05) is 12.7 Å². The van der Waals surface area contributed by atoms with E-state index in [1.807, 2.05) is 0 Å². The van der Waals surface area contributed by atoms with Gasteiger partial charge in [0, 0.05) is 24.4 Å². The van der Waals surface area contributed by atoms with Crippen molar-refractivity contribution in [1.82, 2.24) is 0 Å². The van der Waals surface area contributed by atoms with Crippen molar-refractivity contribution in [1.29, 1.82) is 0 Å². The molecule has 0 fully saturated rings. The maximum absolute atomic E-state index is 10.1. The van der Waals surface area contributed by atoms with E-state index in [1.165, 1.54) is 13.0 Å². The molecule has 0 spiro atoms. The number of carboxylic acids is 2. The Kier molecular flexibility index (Phi) is 13.2. The van der Waals surface area contributed by atoms with Crippen LogP contribution in [-0.2, 0) is 9.59 Å². The average Bonchev–Trinajstić information content (AvgIpc) is 2.36. The van der Waals surface area contributed by atoms with Crippen molar-refractivity contribution in [3.63, 3.8) is 0 Å². The number of hydrogen-bond acceptors (Lipinski definition) is 4. The summed E-state index contributed by atoms with van der Waals surface area (Å²) < 4.78 is 0. The van der Waals surface area contributed by atoms with Crippen molar-refractivity contribution in [2.75, 3.05) is 13.2 Å². The van der Waals surface area contributed by atoms with Crippen LogP contribution in [0.1, 0.15) is 32.6 Å². The smallest absolute Gasteiger partial charge is 0.330 e. The molecule has 6 heteroatoms. The highest BCUT2D eigenvalue weighted by Gasteiger charge is 2.01. The predicted octanol–water partition coefficient (Wildman–Crippen LogP) is 1.19. The minimum atomic E-state index is -0.946. The number of unbranched alkanes of at least 4 members (excludes halogenated alkanes) is 1. The Bertz CT molecular complexity index is 319. The van der Waals surface area contributed by atoms with E-state index < -0.39 is 11.9 Å². The second-order valence-electron chi connectivity index (χ2n) is 3.79. The van der Waals surface area contributed by atoms with E-state index in [0.717, 1.165) is 0 Å². The summed E-state index contributed by atoms with van der Waals surface area (Å²) in [6, 6.07) is 0. The van der Waals surface area contributed by atoms with Crippen molar-refractivity contribution >= 4 is 11.9 Å². The number of hydrogen-bond donors (Lipinski definition) is 4. The number of carboxylic acid groups (broad SMARTS) is 2. The minimum absolute atomic E-state index is 0.00458. The number of aliphatic hydroxyl groups excluding tert-OH is 2. The van der Waals surface area contributed by atoms with Gasteiger partial charge < -0.3 is 20.4 Å². The normalized spacial score (nSPS) is 10.4. The molecule has 110 valence electrons. The van der Waals surface area contributed by atoms with Gasteiger partial charge in [0.2, 0.25) is 0 Å². The molecule has 0 heterocycles. The van der Waals surface area contributed by atoms with Gasteiger partial charge in [0.25, 0.3) is 0 Å². The van der Waals surface area contributed by atoms with Crippen LogP contribution in [0.2, 0.25) is 0 Å². The van der Waals surface area contributed by atoms with Crippen molar-refractivity contribution < 1.29 is 30.0 Å². The van der Waals surface area contributed by atoms with Crippen LogP contribution in [0.15, 0.2) is 23.8 Å². The fourth-order valence-electron chi connectivity index (χ4n) is 0.925. The zero-order valence-corrected chi connectivity index (χ0v) is 11.1. The first-order valence-corrected chi connectivity index (χ1v) is 5.89. The lowest BCUT2D eigenvalue weighted by atomic mass is 10.1. The second-order valence-corrected chi connectivity index (χ2v) is 3.79. The molecule has 0 atom stereocenters. The van der Waals surface area contributed by atoms with E-state index in [2.05, 4.69) is 6.58 Å². The lowest BCUT2D eigenvalue weighted by Crippen LogP contribution is -1.98. The third-order valence-corrected chi connectivity index (χ3v) is 2.11. The van der Waals surface area contributed by atoms with E-state index in [0.29, 0.717) is 25.7 Å². The summed E-state index contributed by atoms with van der Waals surface area (Å²) in [5.41, 5.74) is 0.498. The quantitative estimate of drug-likeness (QED) is 0.390. The number of carbonyl (C=O) groups is 2. The molecule has 0 aromatic carbocycles. The monoisotopic (exact) mass is 274 g/mol. The molecule has 0 amide bonds. The Balaban J connectivity index is 0. The molecule has 0 aromatic heterocycles. The molecule has 0 aliphatic heterocycles. The largest absolute Gasteiger partial charge is 0.478 e. The molecule has 0 radical (unpaired) electrons. The van der Waals surface area contributed by atoms with Crippen molar-refractivity contribution in [2.45, 2.75) is 32.6 Å². The van der Waals surface area contributed by atoms with Crippen molar-refractivity contribution in [2.24, 2.45) is 0 Å². The van der Waals surface area contributed by atoms with Crippen LogP contribution in [-0.4, -0.2) is 45.6 Å². The summed E-state index contributed by atoms with van der Waals surface area (Å²) in [6.45, 7) is 4.97. The molecular weight excluding hydrogens is 252 g/mol. The van der Waals surface area contributed by atoms with Gasteiger partial charge >= 0.3 is 11.9 Å². The van der Waals surface area contributed by atoms with Crippen LogP contribution in [0.4, 0.5) is 0 Å². The highest BCUT2D eigenvalue weighted by atomic mass is 16.4. The molecule has 0 saturated heterocycles. The van der Waals surface area contributed by atoms with Crippen molar-refractivity contribution in [3.8, 4) is 0 Å².